The first-order chi connectivity index (χ1) is 13.0. The zero-order chi connectivity index (χ0) is 19.2. The fraction of sp³-hybridized carbons (Fsp3) is 0.421. The van der Waals surface area contributed by atoms with E-state index in [0.717, 1.165) is 18.8 Å². The fourth-order valence-electron chi connectivity index (χ4n) is 2.67. The van der Waals surface area contributed by atoms with Crippen molar-refractivity contribution in [2.45, 2.75) is 13.8 Å². The molecule has 0 unspecified atom stereocenters. The van der Waals surface area contributed by atoms with Crippen molar-refractivity contribution in [3.63, 3.8) is 0 Å². The standard InChI is InChI=1S/C19H25N5O3/c1-13(2)11-27-19(25)14-3-5-15(6-4-14)23-17-16(20)18(22-12-21-17)24-7-9-26-10-8-24/h3-6,12-13H,7-11,20H2,1-2H3,(H,21,22,23). The van der Waals surface area contributed by atoms with E-state index in [1.54, 1.807) is 24.3 Å². The Morgan fingerprint density at radius 3 is 2.63 bits per heavy atom. The largest absolute Gasteiger partial charge is 0.462 e. The normalized spacial score (nSPS) is 14.3. The maximum Gasteiger partial charge on any atom is 0.338 e. The van der Waals surface area contributed by atoms with E-state index in [9.17, 15) is 4.79 Å². The number of aromatic nitrogens is 2. The minimum atomic E-state index is -0.327. The molecule has 1 aromatic carbocycles. The predicted octanol–water partition coefficient (Wildman–Crippen LogP) is 2.45. The summed E-state index contributed by atoms with van der Waals surface area (Å²) in [5.74, 6) is 1.20. The third kappa shape index (κ3) is 4.85. The number of morpholine rings is 1. The third-order valence-corrected chi connectivity index (χ3v) is 4.10. The van der Waals surface area contributed by atoms with Crippen LogP contribution in [0.2, 0.25) is 0 Å². The van der Waals surface area contributed by atoms with Gasteiger partial charge in [0.25, 0.3) is 0 Å². The maximum absolute atomic E-state index is 12.0. The molecule has 8 nitrogen and oxygen atoms in total. The number of carbonyl (C=O) groups is 1. The molecule has 0 radical (unpaired) electrons. The van der Waals surface area contributed by atoms with Crippen LogP contribution in [-0.4, -0.2) is 48.8 Å². The van der Waals surface area contributed by atoms with E-state index in [0.29, 0.717) is 48.6 Å². The molecule has 0 bridgehead atoms. The molecular weight excluding hydrogens is 346 g/mol. The lowest BCUT2D eigenvalue weighted by atomic mass is 10.2. The molecule has 1 saturated heterocycles. The van der Waals surface area contributed by atoms with E-state index in [-0.39, 0.29) is 5.97 Å². The third-order valence-electron chi connectivity index (χ3n) is 4.10. The Hall–Kier alpha value is -2.87. The number of hydrogen-bond acceptors (Lipinski definition) is 8. The maximum atomic E-state index is 12.0. The molecule has 3 N–H and O–H groups in total. The van der Waals surface area contributed by atoms with Crippen LogP contribution in [0.25, 0.3) is 0 Å². The Morgan fingerprint density at radius 2 is 1.96 bits per heavy atom. The number of benzene rings is 1. The number of ether oxygens (including phenoxy) is 2. The second-order valence-electron chi connectivity index (χ2n) is 6.75. The van der Waals surface area contributed by atoms with Crippen LogP contribution in [0.3, 0.4) is 0 Å². The Morgan fingerprint density at radius 1 is 1.26 bits per heavy atom. The number of anilines is 4. The average Bonchev–Trinajstić information content (AvgIpc) is 2.69. The Labute approximate surface area is 158 Å². The monoisotopic (exact) mass is 371 g/mol. The van der Waals surface area contributed by atoms with Gasteiger partial charge in [-0.2, -0.15) is 0 Å². The summed E-state index contributed by atoms with van der Waals surface area (Å²) in [5.41, 5.74) is 8.03. The van der Waals surface area contributed by atoms with Crippen LogP contribution in [0.15, 0.2) is 30.6 Å². The van der Waals surface area contributed by atoms with Gasteiger partial charge in [0.2, 0.25) is 0 Å². The van der Waals surface area contributed by atoms with Gasteiger partial charge in [0.15, 0.2) is 11.6 Å². The van der Waals surface area contributed by atoms with E-state index in [1.807, 2.05) is 13.8 Å². The molecule has 0 aliphatic carbocycles. The molecule has 1 aromatic heterocycles. The highest BCUT2D eigenvalue weighted by molar-refractivity contribution is 5.90. The number of nitrogens with zero attached hydrogens (tertiary/aromatic N) is 3. The molecule has 1 aliphatic rings. The van der Waals surface area contributed by atoms with Crippen molar-refractivity contribution in [3.05, 3.63) is 36.2 Å². The molecule has 0 saturated carbocycles. The van der Waals surface area contributed by atoms with Crippen LogP contribution in [0, 0.1) is 5.92 Å². The molecule has 1 aliphatic heterocycles. The minimum Gasteiger partial charge on any atom is -0.462 e. The van der Waals surface area contributed by atoms with Gasteiger partial charge in [0.05, 0.1) is 25.4 Å². The smallest absolute Gasteiger partial charge is 0.338 e. The van der Waals surface area contributed by atoms with Crippen molar-refractivity contribution in [2.24, 2.45) is 5.92 Å². The van der Waals surface area contributed by atoms with Gasteiger partial charge in [-0.05, 0) is 30.2 Å². The summed E-state index contributed by atoms with van der Waals surface area (Å²) < 4.78 is 10.6. The second-order valence-corrected chi connectivity index (χ2v) is 6.75. The quantitative estimate of drug-likeness (QED) is 0.747. The van der Waals surface area contributed by atoms with Crippen LogP contribution >= 0.6 is 0 Å². The summed E-state index contributed by atoms with van der Waals surface area (Å²) in [6, 6.07) is 7.01. The van der Waals surface area contributed by atoms with E-state index in [4.69, 9.17) is 15.2 Å². The van der Waals surface area contributed by atoms with Crippen LogP contribution in [-0.2, 0) is 9.47 Å². The van der Waals surface area contributed by atoms with Crippen molar-refractivity contribution in [1.29, 1.82) is 0 Å². The highest BCUT2D eigenvalue weighted by Gasteiger charge is 2.18. The van der Waals surface area contributed by atoms with Gasteiger partial charge in [-0.15, -0.1) is 0 Å². The van der Waals surface area contributed by atoms with Crippen molar-refractivity contribution < 1.29 is 14.3 Å². The number of hydrogen-bond donors (Lipinski definition) is 2. The SMILES string of the molecule is CC(C)COC(=O)c1ccc(Nc2ncnc(N3CCOCC3)c2N)cc1. The number of rotatable bonds is 6. The zero-order valence-electron chi connectivity index (χ0n) is 15.6. The minimum absolute atomic E-state index is 0.302. The van der Waals surface area contributed by atoms with E-state index in [1.165, 1.54) is 6.33 Å². The number of esters is 1. The summed E-state index contributed by atoms with van der Waals surface area (Å²) in [7, 11) is 0. The molecule has 3 rings (SSSR count). The average molecular weight is 371 g/mol. The molecule has 0 atom stereocenters. The molecule has 0 amide bonds. The zero-order valence-corrected chi connectivity index (χ0v) is 15.6. The molecule has 8 heteroatoms. The van der Waals surface area contributed by atoms with Crippen molar-refractivity contribution in [2.75, 3.05) is 48.9 Å². The molecule has 144 valence electrons. The van der Waals surface area contributed by atoms with E-state index < -0.39 is 0 Å². The molecule has 0 spiro atoms. The number of carbonyl (C=O) groups excluding carboxylic acids is 1. The van der Waals surface area contributed by atoms with Gasteiger partial charge in [0, 0.05) is 18.8 Å². The van der Waals surface area contributed by atoms with Gasteiger partial charge in [0.1, 0.15) is 12.0 Å². The van der Waals surface area contributed by atoms with Crippen molar-refractivity contribution >= 4 is 29.0 Å². The van der Waals surface area contributed by atoms with Crippen LogP contribution in [0.4, 0.5) is 23.0 Å². The lowest BCUT2D eigenvalue weighted by Gasteiger charge is -2.28. The molecule has 2 aromatic rings. The van der Waals surface area contributed by atoms with Gasteiger partial charge < -0.3 is 25.4 Å². The molecule has 2 heterocycles. The summed E-state index contributed by atoms with van der Waals surface area (Å²) in [6.07, 6.45) is 1.49. The van der Waals surface area contributed by atoms with Gasteiger partial charge >= 0.3 is 5.97 Å². The summed E-state index contributed by atoms with van der Waals surface area (Å²) >= 11 is 0. The van der Waals surface area contributed by atoms with Gasteiger partial charge in [-0.25, -0.2) is 14.8 Å². The molecule has 27 heavy (non-hydrogen) atoms. The Balaban J connectivity index is 1.69. The van der Waals surface area contributed by atoms with Crippen LogP contribution < -0.4 is 16.0 Å². The van der Waals surface area contributed by atoms with Gasteiger partial charge in [-0.3, -0.25) is 0 Å². The number of nitrogens with two attached hydrogens (primary N) is 1. The highest BCUT2D eigenvalue weighted by atomic mass is 16.5. The summed E-state index contributed by atoms with van der Waals surface area (Å²) in [4.78, 5) is 22.6. The first-order valence-corrected chi connectivity index (χ1v) is 9.02. The Kier molecular flexibility index (Phi) is 6.08. The second kappa shape index (κ2) is 8.68. The lowest BCUT2D eigenvalue weighted by molar-refractivity contribution is 0.0459. The summed E-state index contributed by atoms with van der Waals surface area (Å²) in [5, 5.41) is 3.18. The topological polar surface area (TPSA) is 103 Å². The number of nitrogen functional groups attached to an aromatic ring is 1. The van der Waals surface area contributed by atoms with Gasteiger partial charge in [-0.1, -0.05) is 13.8 Å². The fourth-order valence-corrected chi connectivity index (χ4v) is 2.67. The number of nitrogens with one attached hydrogen (secondary N) is 1. The summed E-state index contributed by atoms with van der Waals surface area (Å²) in [6.45, 7) is 7.19. The van der Waals surface area contributed by atoms with Crippen molar-refractivity contribution in [1.82, 2.24) is 9.97 Å². The van der Waals surface area contributed by atoms with E-state index in [2.05, 4.69) is 20.2 Å². The van der Waals surface area contributed by atoms with Crippen LogP contribution in [0.5, 0.6) is 0 Å². The predicted molar refractivity (Wildman–Crippen MR) is 104 cm³/mol. The van der Waals surface area contributed by atoms with Crippen molar-refractivity contribution in [3.8, 4) is 0 Å². The molecular formula is C19H25N5O3. The first kappa shape index (κ1) is 18.9. The van der Waals surface area contributed by atoms with Crippen LogP contribution in [0.1, 0.15) is 24.2 Å². The first-order valence-electron chi connectivity index (χ1n) is 9.02. The highest BCUT2D eigenvalue weighted by Crippen LogP contribution is 2.29. The van der Waals surface area contributed by atoms with E-state index >= 15 is 0 Å². The lowest BCUT2D eigenvalue weighted by Crippen LogP contribution is -2.37. The molecule has 1 fully saturated rings. The Bertz CT molecular complexity index is 773.